The molecule has 1 amide bonds. The molecule has 1 aromatic heterocycles. The van der Waals surface area contributed by atoms with Crippen molar-refractivity contribution in [2.45, 2.75) is 20.3 Å². The van der Waals surface area contributed by atoms with Crippen molar-refractivity contribution in [2.24, 2.45) is 0 Å². The van der Waals surface area contributed by atoms with Gasteiger partial charge in [-0.3, -0.25) is 4.79 Å². The molecule has 0 bridgehead atoms. The molecular weight excluding hydrogens is 348 g/mol. The minimum atomic E-state index is -0.315. The van der Waals surface area contributed by atoms with Gasteiger partial charge in [0.05, 0.1) is 0 Å². The second-order valence-electron chi connectivity index (χ2n) is 5.81. The van der Waals surface area contributed by atoms with Gasteiger partial charge in [0, 0.05) is 22.6 Å². The number of carbonyl (C=O) groups is 1. The van der Waals surface area contributed by atoms with Crippen molar-refractivity contribution in [3.63, 3.8) is 0 Å². The molecule has 0 spiro atoms. The lowest BCUT2D eigenvalue weighted by atomic mass is 10.1. The number of benzene rings is 2. The Hall–Kier alpha value is -2.92. The highest BCUT2D eigenvalue weighted by molar-refractivity contribution is 6.31. The summed E-state index contributed by atoms with van der Waals surface area (Å²) < 4.78 is 0. The molecule has 0 radical (unpaired) electrons. The van der Waals surface area contributed by atoms with Gasteiger partial charge in [-0.25, -0.2) is 9.97 Å². The fourth-order valence-electron chi connectivity index (χ4n) is 2.53. The largest absolute Gasteiger partial charge is 0.324 e. The fraction of sp³-hybridized carbons (Fsp3) is 0.150. The highest BCUT2D eigenvalue weighted by Crippen LogP contribution is 2.21. The molecule has 0 fully saturated rings. The molecule has 0 saturated heterocycles. The van der Waals surface area contributed by atoms with Crippen LogP contribution in [-0.4, -0.2) is 15.9 Å². The molecule has 26 heavy (non-hydrogen) atoms. The van der Waals surface area contributed by atoms with Gasteiger partial charge in [0.15, 0.2) is 0 Å². The maximum absolute atomic E-state index is 12.5. The molecule has 0 aliphatic carbocycles. The first-order chi connectivity index (χ1) is 12.6. The third-order valence-corrected chi connectivity index (χ3v) is 4.22. The monoisotopic (exact) mass is 366 g/mol. The Balaban J connectivity index is 1.80. The van der Waals surface area contributed by atoms with Crippen molar-refractivity contribution in [2.75, 3.05) is 10.6 Å². The number of aryl methyl sites for hydroxylation is 2. The minimum Gasteiger partial charge on any atom is -0.324 e. The molecule has 0 aliphatic rings. The average molecular weight is 367 g/mol. The van der Waals surface area contributed by atoms with E-state index in [1.54, 1.807) is 24.4 Å². The lowest BCUT2D eigenvalue weighted by Crippen LogP contribution is -2.15. The van der Waals surface area contributed by atoms with Crippen molar-refractivity contribution < 1.29 is 4.79 Å². The number of rotatable bonds is 5. The molecule has 5 nitrogen and oxygen atoms in total. The zero-order valence-corrected chi connectivity index (χ0v) is 15.3. The summed E-state index contributed by atoms with van der Waals surface area (Å²) in [5.41, 5.74) is 3.94. The summed E-state index contributed by atoms with van der Waals surface area (Å²) in [4.78, 5) is 21.1. The number of carbonyl (C=O) groups excluding carboxylic acids is 1. The van der Waals surface area contributed by atoms with Crippen molar-refractivity contribution in [3.8, 4) is 0 Å². The van der Waals surface area contributed by atoms with Crippen molar-refractivity contribution in [3.05, 3.63) is 76.6 Å². The summed E-state index contributed by atoms with van der Waals surface area (Å²) in [5, 5.41) is 6.58. The smallest absolute Gasteiger partial charge is 0.274 e. The summed E-state index contributed by atoms with van der Waals surface area (Å²) in [6, 6.07) is 14.9. The SMILES string of the molecule is CCc1ccccc1Nc1nccc(C(=O)Nc2cc(Cl)ccc2C)n1. The van der Waals surface area contributed by atoms with Crippen LogP contribution in [-0.2, 0) is 6.42 Å². The number of para-hydroxylation sites is 1. The van der Waals surface area contributed by atoms with E-state index in [0.29, 0.717) is 16.7 Å². The number of nitrogens with one attached hydrogen (secondary N) is 2. The van der Waals surface area contributed by atoms with Crippen LogP contribution >= 0.6 is 11.6 Å². The highest BCUT2D eigenvalue weighted by atomic mass is 35.5. The van der Waals surface area contributed by atoms with E-state index >= 15 is 0 Å². The van der Waals surface area contributed by atoms with Gasteiger partial charge in [-0.2, -0.15) is 0 Å². The number of hydrogen-bond acceptors (Lipinski definition) is 4. The Morgan fingerprint density at radius 1 is 1.12 bits per heavy atom. The molecule has 0 saturated carbocycles. The molecule has 0 aliphatic heterocycles. The van der Waals surface area contributed by atoms with Gasteiger partial charge in [-0.1, -0.05) is 42.8 Å². The number of amides is 1. The molecule has 3 aromatic rings. The summed E-state index contributed by atoms with van der Waals surface area (Å²) in [5.74, 6) is 0.0611. The van der Waals surface area contributed by atoms with E-state index in [1.165, 1.54) is 0 Å². The van der Waals surface area contributed by atoms with Crippen LogP contribution in [0.4, 0.5) is 17.3 Å². The third-order valence-electron chi connectivity index (χ3n) is 3.98. The normalized spacial score (nSPS) is 10.4. The van der Waals surface area contributed by atoms with Crippen LogP contribution in [0, 0.1) is 6.92 Å². The van der Waals surface area contributed by atoms with E-state index < -0.39 is 0 Å². The summed E-state index contributed by atoms with van der Waals surface area (Å²) in [7, 11) is 0. The Kier molecular flexibility index (Phi) is 5.49. The van der Waals surface area contributed by atoms with Gasteiger partial charge in [-0.05, 0) is 48.7 Å². The molecule has 132 valence electrons. The average Bonchev–Trinajstić information content (AvgIpc) is 2.65. The Labute approximate surface area is 157 Å². The molecule has 6 heteroatoms. The lowest BCUT2D eigenvalue weighted by Gasteiger charge is -2.11. The second kappa shape index (κ2) is 7.97. The first-order valence-corrected chi connectivity index (χ1v) is 8.70. The predicted molar refractivity (Wildman–Crippen MR) is 105 cm³/mol. The van der Waals surface area contributed by atoms with Gasteiger partial charge >= 0.3 is 0 Å². The van der Waals surface area contributed by atoms with Crippen molar-refractivity contribution in [1.82, 2.24) is 9.97 Å². The molecule has 3 rings (SSSR count). The number of nitrogens with zero attached hydrogens (tertiary/aromatic N) is 2. The first kappa shape index (κ1) is 17.9. The maximum Gasteiger partial charge on any atom is 0.274 e. The van der Waals surface area contributed by atoms with E-state index in [0.717, 1.165) is 23.2 Å². The molecule has 0 atom stereocenters. The first-order valence-electron chi connectivity index (χ1n) is 8.32. The molecule has 2 N–H and O–H groups in total. The summed E-state index contributed by atoms with van der Waals surface area (Å²) in [6.07, 6.45) is 2.45. The predicted octanol–water partition coefficient (Wildman–Crippen LogP) is 5.00. The van der Waals surface area contributed by atoms with Crippen LogP contribution in [0.5, 0.6) is 0 Å². The van der Waals surface area contributed by atoms with Gasteiger partial charge < -0.3 is 10.6 Å². The third kappa shape index (κ3) is 4.18. The number of hydrogen-bond donors (Lipinski definition) is 2. The van der Waals surface area contributed by atoms with Crippen LogP contribution in [0.1, 0.15) is 28.5 Å². The van der Waals surface area contributed by atoms with E-state index in [2.05, 4.69) is 27.5 Å². The van der Waals surface area contributed by atoms with Gasteiger partial charge in [0.25, 0.3) is 5.91 Å². The highest BCUT2D eigenvalue weighted by Gasteiger charge is 2.11. The van der Waals surface area contributed by atoms with Crippen LogP contribution in [0.3, 0.4) is 0 Å². The van der Waals surface area contributed by atoms with Gasteiger partial charge in [0.1, 0.15) is 5.69 Å². The van der Waals surface area contributed by atoms with E-state index in [9.17, 15) is 4.79 Å². The number of halogens is 1. The molecule has 0 unspecified atom stereocenters. The van der Waals surface area contributed by atoms with Crippen LogP contribution in [0.2, 0.25) is 5.02 Å². The summed E-state index contributed by atoms with van der Waals surface area (Å²) >= 11 is 6.00. The van der Waals surface area contributed by atoms with Crippen molar-refractivity contribution in [1.29, 1.82) is 0 Å². The lowest BCUT2D eigenvalue weighted by molar-refractivity contribution is 0.102. The molecule has 1 heterocycles. The second-order valence-corrected chi connectivity index (χ2v) is 6.25. The minimum absolute atomic E-state index is 0.274. The Bertz CT molecular complexity index is 943. The zero-order valence-electron chi connectivity index (χ0n) is 14.6. The molecular formula is C20H19ClN4O. The van der Waals surface area contributed by atoms with Crippen LogP contribution in [0.25, 0.3) is 0 Å². The fourth-order valence-corrected chi connectivity index (χ4v) is 2.70. The molecule has 2 aromatic carbocycles. The summed E-state index contributed by atoms with van der Waals surface area (Å²) in [6.45, 7) is 3.99. The van der Waals surface area contributed by atoms with E-state index in [4.69, 9.17) is 11.6 Å². The standard InChI is InChI=1S/C20H19ClN4O/c1-3-14-6-4-5-7-16(14)24-20-22-11-10-17(25-20)19(26)23-18-12-15(21)9-8-13(18)2/h4-12H,3H2,1-2H3,(H,23,26)(H,22,24,25). The Morgan fingerprint density at radius 3 is 2.73 bits per heavy atom. The van der Waals surface area contributed by atoms with Crippen LogP contribution < -0.4 is 10.6 Å². The Morgan fingerprint density at radius 2 is 1.92 bits per heavy atom. The van der Waals surface area contributed by atoms with Crippen LogP contribution in [0.15, 0.2) is 54.7 Å². The quantitative estimate of drug-likeness (QED) is 0.667. The van der Waals surface area contributed by atoms with E-state index in [-0.39, 0.29) is 11.6 Å². The van der Waals surface area contributed by atoms with E-state index in [1.807, 2.05) is 37.3 Å². The van der Waals surface area contributed by atoms with Gasteiger partial charge in [-0.15, -0.1) is 0 Å². The number of aromatic nitrogens is 2. The number of anilines is 3. The maximum atomic E-state index is 12.5. The zero-order chi connectivity index (χ0) is 18.5. The van der Waals surface area contributed by atoms with Crippen molar-refractivity contribution >= 4 is 34.8 Å². The topological polar surface area (TPSA) is 66.9 Å². The van der Waals surface area contributed by atoms with Gasteiger partial charge in [0.2, 0.25) is 5.95 Å².